The lowest BCUT2D eigenvalue weighted by molar-refractivity contribution is 0.00694. The standard InChI is InChI=1S/C14H15ClN4O2/c1-14(2,3)21-13(20)9-6-10(15)18-11(7-9)19-12-8-16-4-5-17-12/h4-8H,1-3H3,(H,17,18,19). The van der Waals surface area contributed by atoms with Crippen LogP contribution < -0.4 is 5.32 Å². The van der Waals surface area contributed by atoms with Crippen LogP contribution in [-0.2, 0) is 4.74 Å². The minimum Gasteiger partial charge on any atom is -0.456 e. The first-order valence-electron chi connectivity index (χ1n) is 6.27. The quantitative estimate of drug-likeness (QED) is 0.693. The van der Waals surface area contributed by atoms with E-state index in [4.69, 9.17) is 16.3 Å². The summed E-state index contributed by atoms with van der Waals surface area (Å²) in [6.45, 7) is 5.39. The van der Waals surface area contributed by atoms with Crippen LogP contribution in [0.5, 0.6) is 0 Å². The van der Waals surface area contributed by atoms with Gasteiger partial charge in [-0.05, 0) is 32.9 Å². The zero-order valence-corrected chi connectivity index (χ0v) is 12.7. The van der Waals surface area contributed by atoms with Gasteiger partial charge in [0.05, 0.1) is 11.8 Å². The van der Waals surface area contributed by atoms with E-state index in [9.17, 15) is 4.79 Å². The maximum absolute atomic E-state index is 12.1. The fourth-order valence-electron chi connectivity index (χ4n) is 1.51. The number of nitrogens with zero attached hydrogens (tertiary/aromatic N) is 3. The molecule has 0 atom stereocenters. The van der Waals surface area contributed by atoms with Crippen LogP contribution in [0.3, 0.4) is 0 Å². The van der Waals surface area contributed by atoms with E-state index < -0.39 is 11.6 Å². The molecule has 2 aromatic rings. The molecule has 0 spiro atoms. The minimum atomic E-state index is -0.578. The number of esters is 1. The molecule has 0 unspecified atom stereocenters. The fourth-order valence-corrected chi connectivity index (χ4v) is 1.72. The zero-order chi connectivity index (χ0) is 15.5. The van der Waals surface area contributed by atoms with Crippen LogP contribution >= 0.6 is 11.6 Å². The van der Waals surface area contributed by atoms with Gasteiger partial charge in [-0.1, -0.05) is 11.6 Å². The summed E-state index contributed by atoms with van der Waals surface area (Å²) < 4.78 is 5.30. The molecule has 0 aliphatic carbocycles. The van der Waals surface area contributed by atoms with Crippen molar-refractivity contribution in [3.63, 3.8) is 0 Å². The molecule has 0 radical (unpaired) electrons. The molecule has 0 aromatic carbocycles. The average Bonchev–Trinajstić information content (AvgIpc) is 2.37. The Kier molecular flexibility index (Phi) is 4.37. The van der Waals surface area contributed by atoms with E-state index in [0.29, 0.717) is 17.2 Å². The summed E-state index contributed by atoms with van der Waals surface area (Å²) >= 11 is 5.94. The molecule has 21 heavy (non-hydrogen) atoms. The molecule has 110 valence electrons. The van der Waals surface area contributed by atoms with E-state index >= 15 is 0 Å². The third-order valence-electron chi connectivity index (χ3n) is 2.25. The Morgan fingerprint density at radius 1 is 1.24 bits per heavy atom. The molecule has 1 N–H and O–H groups in total. The molecular formula is C14H15ClN4O2. The van der Waals surface area contributed by atoms with E-state index in [1.54, 1.807) is 39.2 Å². The summed E-state index contributed by atoms with van der Waals surface area (Å²) in [6.07, 6.45) is 4.64. The summed E-state index contributed by atoms with van der Waals surface area (Å²) in [5.74, 6) is 0.431. The van der Waals surface area contributed by atoms with Crippen molar-refractivity contribution in [3.05, 3.63) is 41.4 Å². The van der Waals surface area contributed by atoms with Crippen molar-refractivity contribution in [1.82, 2.24) is 15.0 Å². The topological polar surface area (TPSA) is 77.0 Å². The van der Waals surface area contributed by atoms with Gasteiger partial charge in [0.25, 0.3) is 0 Å². The Bertz CT molecular complexity index is 641. The number of ether oxygens (including phenoxy) is 1. The second-order valence-corrected chi connectivity index (χ2v) is 5.67. The number of carbonyl (C=O) groups excluding carboxylic acids is 1. The van der Waals surface area contributed by atoms with Crippen molar-refractivity contribution in [1.29, 1.82) is 0 Å². The smallest absolute Gasteiger partial charge is 0.338 e. The van der Waals surface area contributed by atoms with Crippen molar-refractivity contribution >= 4 is 29.2 Å². The Hall–Kier alpha value is -2.21. The largest absolute Gasteiger partial charge is 0.456 e. The number of anilines is 2. The van der Waals surface area contributed by atoms with E-state index in [2.05, 4.69) is 20.3 Å². The van der Waals surface area contributed by atoms with E-state index in [1.807, 2.05) is 0 Å². The number of rotatable bonds is 3. The van der Waals surface area contributed by atoms with Crippen LogP contribution in [-0.4, -0.2) is 26.5 Å². The first-order valence-corrected chi connectivity index (χ1v) is 6.65. The van der Waals surface area contributed by atoms with Crippen LogP contribution in [0, 0.1) is 0 Å². The van der Waals surface area contributed by atoms with Crippen LogP contribution in [0.25, 0.3) is 0 Å². The van der Waals surface area contributed by atoms with Gasteiger partial charge in [0.2, 0.25) is 0 Å². The molecular weight excluding hydrogens is 292 g/mol. The number of aromatic nitrogens is 3. The first kappa shape index (κ1) is 15.2. The summed E-state index contributed by atoms with van der Waals surface area (Å²) in [7, 11) is 0. The van der Waals surface area contributed by atoms with Crippen molar-refractivity contribution < 1.29 is 9.53 Å². The number of pyridine rings is 1. The van der Waals surface area contributed by atoms with Gasteiger partial charge in [-0.2, -0.15) is 0 Å². The lowest BCUT2D eigenvalue weighted by Gasteiger charge is -2.19. The van der Waals surface area contributed by atoms with Crippen LogP contribution in [0.15, 0.2) is 30.7 Å². The Morgan fingerprint density at radius 2 is 2.00 bits per heavy atom. The molecule has 0 bridgehead atoms. The maximum Gasteiger partial charge on any atom is 0.338 e. The van der Waals surface area contributed by atoms with E-state index in [0.717, 1.165) is 0 Å². The second-order valence-electron chi connectivity index (χ2n) is 5.28. The SMILES string of the molecule is CC(C)(C)OC(=O)c1cc(Cl)nc(Nc2cnccn2)c1. The molecule has 0 fully saturated rings. The highest BCUT2D eigenvalue weighted by atomic mass is 35.5. The monoisotopic (exact) mass is 306 g/mol. The summed E-state index contributed by atoms with van der Waals surface area (Å²) in [5, 5.41) is 3.11. The van der Waals surface area contributed by atoms with Gasteiger partial charge >= 0.3 is 5.97 Å². The molecule has 0 aliphatic rings. The molecule has 2 aromatic heterocycles. The summed E-state index contributed by atoms with van der Waals surface area (Å²) in [5.41, 5.74) is -0.262. The Balaban J connectivity index is 2.23. The molecule has 0 amide bonds. The molecule has 2 rings (SSSR count). The number of halogens is 1. The lowest BCUT2D eigenvalue weighted by Crippen LogP contribution is -2.24. The number of carbonyl (C=O) groups is 1. The van der Waals surface area contributed by atoms with Crippen LogP contribution in [0.4, 0.5) is 11.6 Å². The molecule has 6 nitrogen and oxygen atoms in total. The minimum absolute atomic E-state index is 0.185. The Labute approximate surface area is 127 Å². The van der Waals surface area contributed by atoms with Crippen LogP contribution in [0.2, 0.25) is 5.15 Å². The highest BCUT2D eigenvalue weighted by Crippen LogP contribution is 2.20. The zero-order valence-electron chi connectivity index (χ0n) is 11.9. The maximum atomic E-state index is 12.1. The van der Waals surface area contributed by atoms with Crippen molar-refractivity contribution in [3.8, 4) is 0 Å². The van der Waals surface area contributed by atoms with Gasteiger partial charge in [0, 0.05) is 12.4 Å². The third-order valence-corrected chi connectivity index (χ3v) is 2.44. The van der Waals surface area contributed by atoms with Crippen molar-refractivity contribution in [2.75, 3.05) is 5.32 Å². The van der Waals surface area contributed by atoms with Gasteiger partial charge in [-0.15, -0.1) is 0 Å². The van der Waals surface area contributed by atoms with Crippen molar-refractivity contribution in [2.24, 2.45) is 0 Å². The van der Waals surface area contributed by atoms with E-state index in [-0.39, 0.29) is 5.15 Å². The lowest BCUT2D eigenvalue weighted by atomic mass is 10.2. The van der Waals surface area contributed by atoms with Gasteiger partial charge in [0.1, 0.15) is 22.4 Å². The second kappa shape index (κ2) is 6.05. The predicted molar refractivity (Wildman–Crippen MR) is 79.7 cm³/mol. The average molecular weight is 307 g/mol. The van der Waals surface area contributed by atoms with Crippen molar-refractivity contribution in [2.45, 2.75) is 26.4 Å². The third kappa shape index (κ3) is 4.68. The van der Waals surface area contributed by atoms with E-state index in [1.165, 1.54) is 12.3 Å². The molecule has 0 saturated carbocycles. The van der Waals surface area contributed by atoms with Gasteiger partial charge in [-0.3, -0.25) is 4.98 Å². The number of hydrogen-bond acceptors (Lipinski definition) is 6. The first-order chi connectivity index (χ1) is 9.83. The van der Waals surface area contributed by atoms with Gasteiger partial charge in [-0.25, -0.2) is 14.8 Å². The highest BCUT2D eigenvalue weighted by Gasteiger charge is 2.19. The van der Waals surface area contributed by atoms with Crippen LogP contribution in [0.1, 0.15) is 31.1 Å². The highest BCUT2D eigenvalue weighted by molar-refractivity contribution is 6.29. The summed E-state index contributed by atoms with van der Waals surface area (Å²) in [4.78, 5) is 24.1. The molecule has 0 aliphatic heterocycles. The normalized spacial score (nSPS) is 11.0. The molecule has 0 saturated heterocycles. The predicted octanol–water partition coefficient (Wildman–Crippen LogP) is 3.22. The summed E-state index contributed by atoms with van der Waals surface area (Å²) in [6, 6.07) is 3.01. The van der Waals surface area contributed by atoms with Gasteiger partial charge in [0.15, 0.2) is 0 Å². The van der Waals surface area contributed by atoms with Gasteiger partial charge < -0.3 is 10.1 Å². The Morgan fingerprint density at radius 3 is 2.62 bits per heavy atom. The molecule has 2 heterocycles. The number of nitrogens with one attached hydrogen (secondary N) is 1. The molecule has 7 heteroatoms. The number of hydrogen-bond donors (Lipinski definition) is 1. The fraction of sp³-hybridized carbons (Fsp3) is 0.286.